The number of nitrogens with zero attached hydrogens (tertiary/aromatic N) is 3. The Bertz CT molecular complexity index is 1900. The van der Waals surface area contributed by atoms with Crippen molar-refractivity contribution in [1.82, 2.24) is 14.9 Å². The SMILES string of the molecule is COC(C)(C)CN1CCC(Nc2ncc3cc(-c4c(F)ccc(NS(=O)(=O)c5cc(Cl)cc6c5CCC6O)c4F)ccc3n2)CC1. The highest BCUT2D eigenvalue weighted by molar-refractivity contribution is 7.92. The van der Waals surface area contributed by atoms with Gasteiger partial charge in [0.05, 0.1) is 33.4 Å². The third-order valence-electron chi connectivity index (χ3n) is 8.81. The second-order valence-electron chi connectivity index (χ2n) is 12.5. The summed E-state index contributed by atoms with van der Waals surface area (Å²) in [6.45, 7) is 6.87. The van der Waals surface area contributed by atoms with Crippen molar-refractivity contribution >= 4 is 44.2 Å². The first-order valence-electron chi connectivity index (χ1n) is 15.2. The van der Waals surface area contributed by atoms with Crippen molar-refractivity contribution < 1.29 is 27.0 Å². The number of hydrogen-bond acceptors (Lipinski definition) is 8. The second kappa shape index (κ2) is 12.6. The molecule has 1 unspecified atom stereocenters. The average Bonchev–Trinajstić information content (AvgIpc) is 3.39. The number of aliphatic hydroxyl groups excluding tert-OH is 1. The molecule has 0 saturated carbocycles. The zero-order valence-corrected chi connectivity index (χ0v) is 27.4. The van der Waals surface area contributed by atoms with Gasteiger partial charge < -0.3 is 20.1 Å². The topological polar surface area (TPSA) is 117 Å². The van der Waals surface area contributed by atoms with Gasteiger partial charge in [0, 0.05) is 49.4 Å². The normalized spacial score (nSPS) is 17.8. The van der Waals surface area contributed by atoms with Gasteiger partial charge in [-0.05, 0) is 92.6 Å². The van der Waals surface area contributed by atoms with Crippen molar-refractivity contribution in [2.75, 3.05) is 36.8 Å². The summed E-state index contributed by atoms with van der Waals surface area (Å²) in [7, 11) is -2.60. The summed E-state index contributed by atoms with van der Waals surface area (Å²) in [4.78, 5) is 11.3. The number of hydrogen-bond donors (Lipinski definition) is 3. The van der Waals surface area contributed by atoms with Crippen molar-refractivity contribution in [2.24, 2.45) is 0 Å². The van der Waals surface area contributed by atoms with Gasteiger partial charge in [0.25, 0.3) is 10.0 Å². The number of anilines is 2. The van der Waals surface area contributed by atoms with Crippen LogP contribution >= 0.6 is 11.6 Å². The van der Waals surface area contributed by atoms with Crippen molar-refractivity contribution in [3.05, 3.63) is 76.4 Å². The molecular weight excluding hydrogens is 636 g/mol. The lowest BCUT2D eigenvalue weighted by Crippen LogP contribution is -2.46. The Kier molecular flexibility index (Phi) is 8.94. The molecule has 1 aliphatic heterocycles. The number of nitrogens with one attached hydrogen (secondary N) is 2. The van der Waals surface area contributed by atoms with E-state index >= 15 is 8.78 Å². The number of sulfonamides is 1. The summed E-state index contributed by atoms with van der Waals surface area (Å²) >= 11 is 6.15. The van der Waals surface area contributed by atoms with E-state index in [1.54, 1.807) is 31.5 Å². The fourth-order valence-electron chi connectivity index (χ4n) is 6.25. The standard InChI is InChI=1S/C33H36ClF2N5O4S/c1-33(2,45-3)18-41-12-10-22(11-13-41)38-32-37-17-20-14-19(4-7-26(20)39-32)30-25(35)6-8-27(31(30)36)40-46(43,44)29-16-21(34)15-24-23(29)5-9-28(24)42/h4,6-8,14-17,22,28,40,42H,5,9-13,18H2,1-3H3,(H,37,38,39). The fourth-order valence-corrected chi connectivity index (χ4v) is 7.92. The van der Waals surface area contributed by atoms with Gasteiger partial charge in [-0.25, -0.2) is 27.2 Å². The van der Waals surface area contributed by atoms with Gasteiger partial charge in [-0.15, -0.1) is 0 Å². The minimum atomic E-state index is -4.33. The molecule has 3 N–H and O–H groups in total. The molecule has 1 fully saturated rings. The summed E-state index contributed by atoms with van der Waals surface area (Å²) in [5.74, 6) is -1.45. The number of piperidine rings is 1. The number of aliphatic hydroxyl groups is 1. The molecule has 0 radical (unpaired) electrons. The van der Waals surface area contributed by atoms with Crippen LogP contribution in [0, 0.1) is 11.6 Å². The molecule has 4 aromatic rings. The molecule has 0 amide bonds. The number of fused-ring (bicyclic) bond motifs is 2. The molecule has 1 aromatic heterocycles. The number of rotatable bonds is 9. The molecule has 9 nitrogen and oxygen atoms in total. The van der Waals surface area contributed by atoms with Crippen LogP contribution in [-0.2, 0) is 21.2 Å². The molecule has 6 rings (SSSR count). The zero-order valence-electron chi connectivity index (χ0n) is 25.8. The van der Waals surface area contributed by atoms with Crippen molar-refractivity contribution in [2.45, 2.75) is 62.2 Å². The van der Waals surface area contributed by atoms with Crippen LogP contribution in [0.25, 0.3) is 22.0 Å². The van der Waals surface area contributed by atoms with E-state index in [-0.39, 0.29) is 32.7 Å². The van der Waals surface area contributed by atoms with Crippen LogP contribution in [0.2, 0.25) is 5.02 Å². The molecule has 13 heteroatoms. The van der Waals surface area contributed by atoms with Crippen LogP contribution in [-0.4, -0.2) is 66.8 Å². The molecule has 1 atom stereocenters. The molecule has 0 bridgehead atoms. The Morgan fingerprint density at radius 1 is 1.11 bits per heavy atom. The molecule has 244 valence electrons. The summed E-state index contributed by atoms with van der Waals surface area (Å²) in [6, 6.07) is 9.83. The predicted molar refractivity (Wildman–Crippen MR) is 175 cm³/mol. The summed E-state index contributed by atoms with van der Waals surface area (Å²) in [5.41, 5.74) is 0.631. The number of aromatic nitrogens is 2. The van der Waals surface area contributed by atoms with Crippen LogP contribution in [0.3, 0.4) is 0 Å². The van der Waals surface area contributed by atoms with E-state index in [1.165, 1.54) is 12.1 Å². The van der Waals surface area contributed by atoms with Gasteiger partial charge >= 0.3 is 0 Å². The monoisotopic (exact) mass is 671 g/mol. The summed E-state index contributed by atoms with van der Waals surface area (Å²) in [6.07, 6.45) is 3.30. The fraction of sp³-hybridized carbons (Fsp3) is 0.394. The zero-order chi connectivity index (χ0) is 32.8. The highest BCUT2D eigenvalue weighted by Crippen LogP contribution is 2.39. The second-order valence-corrected chi connectivity index (χ2v) is 14.6. The summed E-state index contributed by atoms with van der Waals surface area (Å²) in [5, 5.41) is 14.3. The first-order chi connectivity index (χ1) is 21.8. The van der Waals surface area contributed by atoms with Crippen molar-refractivity contribution in [3.63, 3.8) is 0 Å². The maximum absolute atomic E-state index is 15.9. The molecule has 46 heavy (non-hydrogen) atoms. The minimum Gasteiger partial charge on any atom is -0.388 e. The Labute approximate surface area is 272 Å². The van der Waals surface area contributed by atoms with E-state index < -0.39 is 33.4 Å². The van der Waals surface area contributed by atoms with Gasteiger partial charge in [-0.1, -0.05) is 17.7 Å². The Hall–Kier alpha value is -3.42. The first kappa shape index (κ1) is 32.5. The van der Waals surface area contributed by atoms with Gasteiger partial charge in [-0.2, -0.15) is 0 Å². The van der Waals surface area contributed by atoms with E-state index in [4.69, 9.17) is 16.3 Å². The van der Waals surface area contributed by atoms with Gasteiger partial charge in [0.1, 0.15) is 5.82 Å². The van der Waals surface area contributed by atoms with Crippen LogP contribution in [0.1, 0.15) is 50.3 Å². The number of halogens is 3. The molecule has 1 saturated heterocycles. The number of methoxy groups -OCH3 is 1. The van der Waals surface area contributed by atoms with Gasteiger partial charge in [0.2, 0.25) is 5.95 Å². The number of likely N-dealkylation sites (tertiary alicyclic amines) is 1. The number of ether oxygens (including phenoxy) is 1. The minimum absolute atomic E-state index is 0.129. The van der Waals surface area contributed by atoms with Crippen molar-refractivity contribution in [3.8, 4) is 11.1 Å². The maximum Gasteiger partial charge on any atom is 0.262 e. The average molecular weight is 672 g/mol. The van der Waals surface area contributed by atoms with E-state index in [0.717, 1.165) is 44.6 Å². The third kappa shape index (κ3) is 6.68. The highest BCUT2D eigenvalue weighted by atomic mass is 35.5. The van der Waals surface area contributed by atoms with Gasteiger partial charge in [-0.3, -0.25) is 4.72 Å². The number of benzene rings is 3. The van der Waals surface area contributed by atoms with Crippen LogP contribution in [0.5, 0.6) is 0 Å². The molecule has 2 aliphatic rings. The Morgan fingerprint density at radius 3 is 2.61 bits per heavy atom. The first-order valence-corrected chi connectivity index (χ1v) is 17.0. The Balaban J connectivity index is 1.20. The molecule has 3 aromatic carbocycles. The van der Waals surface area contributed by atoms with Crippen LogP contribution in [0.4, 0.5) is 20.4 Å². The molecule has 1 aliphatic carbocycles. The largest absolute Gasteiger partial charge is 0.388 e. The quantitative estimate of drug-likeness (QED) is 0.190. The lowest BCUT2D eigenvalue weighted by atomic mass is 10.0. The molecule has 0 spiro atoms. The maximum atomic E-state index is 15.9. The Morgan fingerprint density at radius 2 is 1.87 bits per heavy atom. The van der Waals surface area contributed by atoms with Crippen molar-refractivity contribution in [1.29, 1.82) is 0 Å². The smallest absolute Gasteiger partial charge is 0.262 e. The van der Waals surface area contributed by atoms with Crippen LogP contribution < -0.4 is 10.0 Å². The molecule has 2 heterocycles. The summed E-state index contributed by atoms with van der Waals surface area (Å²) < 4.78 is 65.6. The third-order valence-corrected chi connectivity index (χ3v) is 10.5. The molecular formula is C33H36ClF2N5O4S. The van der Waals surface area contributed by atoms with E-state index in [0.29, 0.717) is 40.8 Å². The predicted octanol–water partition coefficient (Wildman–Crippen LogP) is 6.31. The lowest BCUT2D eigenvalue weighted by Gasteiger charge is -2.36. The van der Waals surface area contributed by atoms with Crippen LogP contribution in [0.15, 0.2) is 53.6 Å². The van der Waals surface area contributed by atoms with Gasteiger partial charge in [0.15, 0.2) is 5.82 Å². The lowest BCUT2D eigenvalue weighted by molar-refractivity contribution is -0.0119. The van der Waals surface area contributed by atoms with E-state index in [2.05, 4.69) is 38.8 Å². The van der Waals surface area contributed by atoms with E-state index in [1.807, 2.05) is 0 Å². The highest BCUT2D eigenvalue weighted by Gasteiger charge is 2.30. The van der Waals surface area contributed by atoms with E-state index in [9.17, 15) is 13.5 Å².